The second kappa shape index (κ2) is 7.92. The summed E-state index contributed by atoms with van der Waals surface area (Å²) in [6.45, 7) is 1.65. The number of nitrogens with zero attached hydrogens (tertiary/aromatic N) is 1. The van der Waals surface area contributed by atoms with Crippen molar-refractivity contribution in [1.29, 1.82) is 0 Å². The zero-order valence-electron chi connectivity index (χ0n) is 14.7. The maximum atomic E-state index is 13.1. The zero-order valence-corrected chi connectivity index (χ0v) is 14.7. The van der Waals surface area contributed by atoms with E-state index in [0.717, 1.165) is 37.2 Å². The first-order valence-corrected chi connectivity index (χ1v) is 8.55. The van der Waals surface area contributed by atoms with Crippen LogP contribution < -0.4 is 14.8 Å². The van der Waals surface area contributed by atoms with Crippen LogP contribution in [-0.4, -0.2) is 38.1 Å². The minimum Gasteiger partial charge on any atom is -0.497 e. The highest BCUT2D eigenvalue weighted by Crippen LogP contribution is 2.33. The van der Waals surface area contributed by atoms with E-state index in [0.29, 0.717) is 11.5 Å². The highest BCUT2D eigenvalue weighted by Gasteiger charge is 2.28. The quantitative estimate of drug-likeness (QED) is 0.875. The van der Waals surface area contributed by atoms with Crippen LogP contribution in [0, 0.1) is 0 Å². The number of methoxy groups -OCH3 is 2. The van der Waals surface area contributed by atoms with Crippen molar-refractivity contribution in [3.05, 3.63) is 54.1 Å². The van der Waals surface area contributed by atoms with Crippen LogP contribution in [0.5, 0.6) is 11.5 Å². The van der Waals surface area contributed by atoms with Gasteiger partial charge < -0.3 is 19.7 Å². The molecule has 0 aliphatic carbocycles. The molecule has 3 rings (SSSR count). The van der Waals surface area contributed by atoms with Gasteiger partial charge in [0, 0.05) is 19.2 Å². The van der Waals surface area contributed by atoms with Crippen molar-refractivity contribution < 1.29 is 14.3 Å². The van der Waals surface area contributed by atoms with Crippen LogP contribution in [-0.2, 0) is 4.79 Å². The summed E-state index contributed by atoms with van der Waals surface area (Å²) in [6, 6.07) is 14.9. The van der Waals surface area contributed by atoms with Crippen LogP contribution in [0.1, 0.15) is 24.4 Å². The van der Waals surface area contributed by atoms with Crippen LogP contribution in [0.15, 0.2) is 48.5 Å². The smallest absolute Gasteiger partial charge is 0.249 e. The maximum absolute atomic E-state index is 13.1. The maximum Gasteiger partial charge on any atom is 0.249 e. The number of amides is 1. The van der Waals surface area contributed by atoms with E-state index in [1.54, 1.807) is 14.2 Å². The molecule has 5 nitrogen and oxygen atoms in total. The summed E-state index contributed by atoms with van der Waals surface area (Å²) >= 11 is 0. The first-order valence-electron chi connectivity index (χ1n) is 8.55. The molecule has 1 aliphatic rings. The van der Waals surface area contributed by atoms with Gasteiger partial charge in [0.05, 0.1) is 19.9 Å². The summed E-state index contributed by atoms with van der Waals surface area (Å²) in [5.41, 5.74) is 1.71. The van der Waals surface area contributed by atoms with E-state index in [4.69, 9.17) is 9.47 Å². The number of carbonyl (C=O) groups excluding carboxylic acids is 1. The number of rotatable bonds is 6. The molecular formula is C20H24N2O3. The summed E-state index contributed by atoms with van der Waals surface area (Å²) in [5.74, 6) is 1.46. The van der Waals surface area contributed by atoms with Gasteiger partial charge in [0.1, 0.15) is 17.5 Å². The Morgan fingerprint density at radius 1 is 1.04 bits per heavy atom. The Labute approximate surface area is 148 Å². The molecule has 0 bridgehead atoms. The van der Waals surface area contributed by atoms with Crippen LogP contribution in [0.25, 0.3) is 0 Å². The predicted molar refractivity (Wildman–Crippen MR) is 98.2 cm³/mol. The Morgan fingerprint density at radius 2 is 1.76 bits per heavy atom. The number of nitrogens with one attached hydrogen (secondary N) is 1. The minimum absolute atomic E-state index is 0.0987. The molecule has 0 aromatic heterocycles. The lowest BCUT2D eigenvalue weighted by Crippen LogP contribution is -2.36. The van der Waals surface area contributed by atoms with E-state index in [-0.39, 0.29) is 5.91 Å². The summed E-state index contributed by atoms with van der Waals surface area (Å²) in [6.07, 6.45) is 2.14. The van der Waals surface area contributed by atoms with Crippen molar-refractivity contribution >= 4 is 11.6 Å². The highest BCUT2D eigenvalue weighted by atomic mass is 16.5. The van der Waals surface area contributed by atoms with E-state index in [1.165, 1.54) is 0 Å². The van der Waals surface area contributed by atoms with Crippen molar-refractivity contribution in [2.75, 3.05) is 32.6 Å². The summed E-state index contributed by atoms with van der Waals surface area (Å²) in [7, 11) is 3.23. The van der Waals surface area contributed by atoms with Crippen molar-refractivity contribution in [3.8, 4) is 11.5 Å². The summed E-state index contributed by atoms with van der Waals surface area (Å²) < 4.78 is 10.7. The largest absolute Gasteiger partial charge is 0.497 e. The molecule has 0 unspecified atom stereocenters. The Morgan fingerprint density at radius 3 is 2.40 bits per heavy atom. The lowest BCUT2D eigenvalue weighted by molar-refractivity contribution is -0.131. The Hall–Kier alpha value is -2.69. The SMILES string of the molecule is COc1ccc(N[C@H](C(=O)N2CCCC2)c2ccccc2)c(OC)c1. The fourth-order valence-electron chi connectivity index (χ4n) is 3.13. The molecule has 5 heteroatoms. The molecule has 1 fully saturated rings. The average molecular weight is 340 g/mol. The fraction of sp³-hybridized carbons (Fsp3) is 0.350. The number of ether oxygens (including phenoxy) is 2. The van der Waals surface area contributed by atoms with Crippen molar-refractivity contribution in [1.82, 2.24) is 4.90 Å². The standard InChI is InChI=1S/C20H24N2O3/c1-24-16-10-11-17(18(14-16)25-2)21-19(15-8-4-3-5-9-15)20(23)22-12-6-7-13-22/h3-5,8-11,14,19,21H,6-7,12-13H2,1-2H3/t19-/m0/s1. The normalized spacial score (nSPS) is 14.9. The third-order valence-corrected chi connectivity index (χ3v) is 4.51. The number of hydrogen-bond acceptors (Lipinski definition) is 4. The van der Waals surface area contributed by atoms with Gasteiger partial charge in [-0.2, -0.15) is 0 Å². The Balaban J connectivity index is 1.91. The van der Waals surface area contributed by atoms with Crippen molar-refractivity contribution in [2.24, 2.45) is 0 Å². The van der Waals surface area contributed by atoms with Gasteiger partial charge in [-0.05, 0) is 30.5 Å². The van der Waals surface area contributed by atoms with Crippen LogP contribution in [0.3, 0.4) is 0 Å². The Bertz CT molecular complexity index is 712. The number of benzene rings is 2. The molecule has 25 heavy (non-hydrogen) atoms. The molecule has 0 saturated carbocycles. The molecule has 0 radical (unpaired) electrons. The first-order chi connectivity index (χ1) is 12.2. The zero-order chi connectivity index (χ0) is 17.6. The van der Waals surface area contributed by atoms with Crippen molar-refractivity contribution in [2.45, 2.75) is 18.9 Å². The fourth-order valence-corrected chi connectivity index (χ4v) is 3.13. The van der Waals surface area contributed by atoms with Gasteiger partial charge in [0.15, 0.2) is 0 Å². The second-order valence-corrected chi connectivity index (χ2v) is 6.09. The molecule has 132 valence electrons. The number of anilines is 1. The van der Waals surface area contributed by atoms with Crippen molar-refractivity contribution in [3.63, 3.8) is 0 Å². The second-order valence-electron chi connectivity index (χ2n) is 6.09. The third kappa shape index (κ3) is 3.87. The molecule has 1 heterocycles. The Kier molecular flexibility index (Phi) is 5.43. The molecule has 1 atom stereocenters. The van der Waals surface area contributed by atoms with E-state index in [1.807, 2.05) is 53.4 Å². The summed E-state index contributed by atoms with van der Waals surface area (Å²) in [5, 5.41) is 3.37. The van der Waals surface area contributed by atoms with Gasteiger partial charge in [-0.3, -0.25) is 4.79 Å². The molecule has 1 N–H and O–H groups in total. The lowest BCUT2D eigenvalue weighted by atomic mass is 10.0. The highest BCUT2D eigenvalue weighted by molar-refractivity contribution is 5.87. The van der Waals surface area contributed by atoms with Crippen LogP contribution in [0.2, 0.25) is 0 Å². The average Bonchev–Trinajstić information content (AvgIpc) is 3.21. The van der Waals surface area contributed by atoms with E-state index in [9.17, 15) is 4.79 Å². The van der Waals surface area contributed by atoms with Gasteiger partial charge in [-0.1, -0.05) is 30.3 Å². The molecule has 0 spiro atoms. The number of carbonyl (C=O) groups is 1. The summed E-state index contributed by atoms with van der Waals surface area (Å²) in [4.78, 5) is 15.0. The first kappa shape index (κ1) is 17.1. The van der Waals surface area contributed by atoms with Gasteiger partial charge >= 0.3 is 0 Å². The van der Waals surface area contributed by atoms with Gasteiger partial charge in [-0.25, -0.2) is 0 Å². The monoisotopic (exact) mass is 340 g/mol. The van der Waals surface area contributed by atoms with Crippen LogP contribution >= 0.6 is 0 Å². The van der Waals surface area contributed by atoms with E-state index < -0.39 is 6.04 Å². The van der Waals surface area contributed by atoms with Crippen LogP contribution in [0.4, 0.5) is 5.69 Å². The number of likely N-dealkylation sites (tertiary alicyclic amines) is 1. The molecule has 1 amide bonds. The third-order valence-electron chi connectivity index (χ3n) is 4.51. The van der Waals surface area contributed by atoms with Gasteiger partial charge in [-0.15, -0.1) is 0 Å². The molecule has 2 aromatic carbocycles. The number of hydrogen-bond donors (Lipinski definition) is 1. The predicted octanol–water partition coefficient (Wildman–Crippen LogP) is 3.48. The van der Waals surface area contributed by atoms with Gasteiger partial charge in [0.2, 0.25) is 5.91 Å². The molecule has 2 aromatic rings. The van der Waals surface area contributed by atoms with E-state index >= 15 is 0 Å². The minimum atomic E-state index is -0.443. The molecular weight excluding hydrogens is 316 g/mol. The van der Waals surface area contributed by atoms with E-state index in [2.05, 4.69) is 5.32 Å². The molecule has 1 aliphatic heterocycles. The topological polar surface area (TPSA) is 50.8 Å². The lowest BCUT2D eigenvalue weighted by Gasteiger charge is -2.26. The molecule has 1 saturated heterocycles. The van der Waals surface area contributed by atoms with Gasteiger partial charge in [0.25, 0.3) is 0 Å².